The second-order valence-electron chi connectivity index (χ2n) is 4.07. The van der Waals surface area contributed by atoms with Crippen LogP contribution in [0.1, 0.15) is 17.3 Å². The first kappa shape index (κ1) is 15.9. The highest BCUT2D eigenvalue weighted by molar-refractivity contribution is 5.93. The molecule has 3 N–H and O–H groups in total. The van der Waals surface area contributed by atoms with Crippen LogP contribution in [0.25, 0.3) is 0 Å². The Labute approximate surface area is 116 Å². The van der Waals surface area contributed by atoms with Crippen molar-refractivity contribution in [3.63, 3.8) is 0 Å². The largest absolute Gasteiger partial charge is 0.449 e. The van der Waals surface area contributed by atoms with Crippen LogP contribution in [0.2, 0.25) is 0 Å². The quantitative estimate of drug-likeness (QED) is 0.456. The molecule has 0 aromatic heterocycles. The maximum atomic E-state index is 13.0. The maximum absolute atomic E-state index is 13.0. The van der Waals surface area contributed by atoms with E-state index in [2.05, 4.69) is 5.32 Å². The molecule has 0 aliphatic rings. The first-order chi connectivity index (χ1) is 9.45. The minimum Gasteiger partial charge on any atom is -0.449 e. The Bertz CT molecular complexity index is 493. The summed E-state index contributed by atoms with van der Waals surface area (Å²) in [5.74, 6) is -1.80. The molecule has 1 aromatic rings. The van der Waals surface area contributed by atoms with Gasteiger partial charge in [0.2, 0.25) is 0 Å². The summed E-state index contributed by atoms with van der Waals surface area (Å²) in [6, 6.07) is 3.46. The van der Waals surface area contributed by atoms with Crippen LogP contribution in [-0.4, -0.2) is 38.2 Å². The molecular weight excluding hydrogens is 267 g/mol. The lowest BCUT2D eigenvalue weighted by molar-refractivity contribution is -0.129. The van der Waals surface area contributed by atoms with Crippen LogP contribution in [0.3, 0.4) is 0 Å². The van der Waals surface area contributed by atoms with Crippen molar-refractivity contribution < 1.29 is 23.5 Å². The molecule has 0 bridgehead atoms. The molecule has 0 fully saturated rings. The molecule has 6 nitrogen and oxygen atoms in total. The normalized spacial score (nSPS) is 11.8. The summed E-state index contributed by atoms with van der Waals surface area (Å²) in [6.45, 7) is 2.12. The first-order valence-corrected chi connectivity index (χ1v) is 5.98. The van der Waals surface area contributed by atoms with Gasteiger partial charge in [0, 0.05) is 13.7 Å². The maximum Gasteiger partial charge on any atom is 0.338 e. The average molecular weight is 284 g/mol. The second-order valence-corrected chi connectivity index (χ2v) is 4.07. The number of halogens is 1. The van der Waals surface area contributed by atoms with E-state index in [1.54, 1.807) is 0 Å². The van der Waals surface area contributed by atoms with Crippen LogP contribution in [0.15, 0.2) is 18.2 Å². The second kappa shape index (κ2) is 7.44. The molecule has 0 spiro atoms. The third-order valence-electron chi connectivity index (χ3n) is 2.49. The number of ether oxygens (including phenoxy) is 2. The Balaban J connectivity index is 2.56. The predicted molar refractivity (Wildman–Crippen MR) is 70.6 cm³/mol. The van der Waals surface area contributed by atoms with Crippen molar-refractivity contribution in [1.82, 2.24) is 5.32 Å². The SMILES string of the molecule is COCCNC(=O)C(C)OC(=O)c1ccc(F)c(N)c1. The van der Waals surface area contributed by atoms with Gasteiger partial charge in [0.15, 0.2) is 6.10 Å². The Kier molecular flexibility index (Phi) is 5.92. The van der Waals surface area contributed by atoms with E-state index in [0.717, 1.165) is 12.1 Å². The van der Waals surface area contributed by atoms with Crippen LogP contribution >= 0.6 is 0 Å². The zero-order chi connectivity index (χ0) is 15.1. The molecule has 1 atom stereocenters. The van der Waals surface area contributed by atoms with Crippen molar-refractivity contribution in [2.45, 2.75) is 13.0 Å². The van der Waals surface area contributed by atoms with Crippen LogP contribution in [-0.2, 0) is 14.3 Å². The molecule has 0 radical (unpaired) electrons. The van der Waals surface area contributed by atoms with Crippen LogP contribution in [0.5, 0.6) is 0 Å². The van der Waals surface area contributed by atoms with Gasteiger partial charge in [0.1, 0.15) is 5.82 Å². The molecule has 0 saturated carbocycles. The Morgan fingerprint density at radius 1 is 1.45 bits per heavy atom. The predicted octanol–water partition coefficient (Wildman–Crippen LogP) is 0.716. The van der Waals surface area contributed by atoms with Gasteiger partial charge < -0.3 is 20.5 Å². The Hall–Kier alpha value is -2.15. The molecule has 0 aliphatic carbocycles. The van der Waals surface area contributed by atoms with Gasteiger partial charge in [-0.2, -0.15) is 0 Å². The number of esters is 1. The fraction of sp³-hybridized carbons (Fsp3) is 0.385. The number of amides is 1. The Morgan fingerprint density at radius 3 is 2.75 bits per heavy atom. The number of anilines is 1. The number of rotatable bonds is 6. The minimum atomic E-state index is -0.967. The average Bonchev–Trinajstić information content (AvgIpc) is 2.41. The van der Waals surface area contributed by atoms with Gasteiger partial charge in [-0.25, -0.2) is 9.18 Å². The third-order valence-corrected chi connectivity index (χ3v) is 2.49. The lowest BCUT2D eigenvalue weighted by Gasteiger charge is -2.13. The van der Waals surface area contributed by atoms with E-state index in [9.17, 15) is 14.0 Å². The van der Waals surface area contributed by atoms with Crippen LogP contribution in [0.4, 0.5) is 10.1 Å². The number of carbonyl (C=O) groups excluding carboxylic acids is 2. The molecule has 0 saturated heterocycles. The van der Waals surface area contributed by atoms with Gasteiger partial charge in [-0.1, -0.05) is 0 Å². The van der Waals surface area contributed by atoms with Gasteiger partial charge >= 0.3 is 5.97 Å². The van der Waals surface area contributed by atoms with Crippen LogP contribution in [0, 0.1) is 5.82 Å². The van der Waals surface area contributed by atoms with Gasteiger partial charge in [-0.3, -0.25) is 4.79 Å². The molecule has 1 unspecified atom stereocenters. The molecule has 7 heteroatoms. The van der Waals surface area contributed by atoms with E-state index in [4.69, 9.17) is 15.2 Å². The summed E-state index contributed by atoms with van der Waals surface area (Å²) < 4.78 is 22.7. The molecule has 0 heterocycles. The zero-order valence-electron chi connectivity index (χ0n) is 11.3. The fourth-order valence-electron chi connectivity index (χ4n) is 1.37. The summed E-state index contributed by atoms with van der Waals surface area (Å²) in [6.07, 6.45) is -0.967. The summed E-state index contributed by atoms with van der Waals surface area (Å²) in [5, 5.41) is 2.53. The van der Waals surface area contributed by atoms with E-state index < -0.39 is 23.8 Å². The summed E-state index contributed by atoms with van der Waals surface area (Å²) >= 11 is 0. The van der Waals surface area contributed by atoms with Crippen LogP contribution < -0.4 is 11.1 Å². The van der Waals surface area contributed by atoms with E-state index in [1.807, 2.05) is 0 Å². The van der Waals surface area contributed by atoms with E-state index in [0.29, 0.717) is 13.2 Å². The number of methoxy groups -OCH3 is 1. The summed E-state index contributed by atoms with van der Waals surface area (Å²) in [7, 11) is 1.51. The van der Waals surface area contributed by atoms with Crippen molar-refractivity contribution in [2.24, 2.45) is 0 Å². The Morgan fingerprint density at radius 2 is 2.15 bits per heavy atom. The topological polar surface area (TPSA) is 90.6 Å². The fourth-order valence-corrected chi connectivity index (χ4v) is 1.37. The molecule has 1 aromatic carbocycles. The number of carbonyl (C=O) groups is 2. The molecule has 1 amide bonds. The summed E-state index contributed by atoms with van der Waals surface area (Å²) in [5.41, 5.74) is 5.28. The van der Waals surface area contributed by atoms with Crippen molar-refractivity contribution in [3.8, 4) is 0 Å². The highest BCUT2D eigenvalue weighted by Gasteiger charge is 2.19. The number of nitrogens with one attached hydrogen (secondary N) is 1. The monoisotopic (exact) mass is 284 g/mol. The lowest BCUT2D eigenvalue weighted by Crippen LogP contribution is -2.37. The van der Waals surface area contributed by atoms with E-state index in [-0.39, 0.29) is 11.3 Å². The van der Waals surface area contributed by atoms with E-state index >= 15 is 0 Å². The van der Waals surface area contributed by atoms with Crippen molar-refractivity contribution >= 4 is 17.6 Å². The lowest BCUT2D eigenvalue weighted by atomic mass is 10.2. The smallest absolute Gasteiger partial charge is 0.338 e. The standard InChI is InChI=1S/C13H17FN2O4/c1-8(12(17)16-5-6-19-2)20-13(18)9-3-4-10(14)11(15)7-9/h3-4,7-8H,5-6,15H2,1-2H3,(H,16,17). The van der Waals surface area contributed by atoms with Crippen molar-refractivity contribution in [1.29, 1.82) is 0 Å². The molecule has 110 valence electrons. The highest BCUT2D eigenvalue weighted by atomic mass is 19.1. The number of nitrogens with two attached hydrogens (primary N) is 1. The van der Waals surface area contributed by atoms with Gasteiger partial charge in [-0.15, -0.1) is 0 Å². The van der Waals surface area contributed by atoms with Gasteiger partial charge in [0.25, 0.3) is 5.91 Å². The van der Waals surface area contributed by atoms with Crippen molar-refractivity contribution in [3.05, 3.63) is 29.6 Å². The number of benzene rings is 1. The molecule has 1 rings (SSSR count). The minimum absolute atomic E-state index is 0.0837. The molecule has 0 aliphatic heterocycles. The zero-order valence-corrected chi connectivity index (χ0v) is 11.3. The number of hydrogen-bond acceptors (Lipinski definition) is 5. The third kappa shape index (κ3) is 4.51. The first-order valence-electron chi connectivity index (χ1n) is 5.98. The molecule has 20 heavy (non-hydrogen) atoms. The summed E-state index contributed by atoms with van der Waals surface area (Å²) in [4.78, 5) is 23.3. The number of nitrogen functional groups attached to an aromatic ring is 1. The number of hydrogen-bond donors (Lipinski definition) is 2. The van der Waals surface area contributed by atoms with Gasteiger partial charge in [0.05, 0.1) is 17.9 Å². The van der Waals surface area contributed by atoms with Gasteiger partial charge in [-0.05, 0) is 25.1 Å². The van der Waals surface area contributed by atoms with E-state index in [1.165, 1.54) is 20.1 Å². The highest BCUT2D eigenvalue weighted by Crippen LogP contribution is 2.13. The van der Waals surface area contributed by atoms with Crippen molar-refractivity contribution in [2.75, 3.05) is 26.0 Å². The molecular formula is C13H17FN2O4.